The first-order chi connectivity index (χ1) is 14.9. The Balaban J connectivity index is 1.80. The molecule has 31 heavy (non-hydrogen) atoms. The van der Waals surface area contributed by atoms with Gasteiger partial charge in [-0.05, 0) is 57.1 Å². The van der Waals surface area contributed by atoms with Crippen molar-refractivity contribution in [3.05, 3.63) is 51.8 Å². The Morgan fingerprint density at radius 3 is 2.58 bits per heavy atom. The second-order valence-corrected chi connectivity index (χ2v) is 9.16. The Kier molecular flexibility index (Phi) is 6.44. The lowest BCUT2D eigenvalue weighted by molar-refractivity contribution is 0.0985. The number of carbonyl (C=O) groups is 1. The number of likely N-dealkylation sites (N-methyl/N-ethyl adjacent to an activating group) is 1. The van der Waals surface area contributed by atoms with E-state index in [2.05, 4.69) is 39.8 Å². The van der Waals surface area contributed by atoms with Crippen LogP contribution in [0.1, 0.15) is 54.4 Å². The van der Waals surface area contributed by atoms with E-state index in [1.54, 1.807) is 4.68 Å². The molecule has 0 bridgehead atoms. The van der Waals surface area contributed by atoms with E-state index in [1.165, 1.54) is 0 Å². The van der Waals surface area contributed by atoms with E-state index < -0.39 is 0 Å². The van der Waals surface area contributed by atoms with Crippen LogP contribution < -0.4 is 4.90 Å². The Morgan fingerprint density at radius 2 is 1.94 bits per heavy atom. The average molecular weight is 484 g/mol. The van der Waals surface area contributed by atoms with E-state index in [9.17, 15) is 4.79 Å². The normalized spacial score (nSPS) is 13.9. The Bertz CT molecular complexity index is 1100. The third kappa shape index (κ3) is 4.53. The van der Waals surface area contributed by atoms with Gasteiger partial charge in [0.1, 0.15) is 0 Å². The van der Waals surface area contributed by atoms with Gasteiger partial charge in [0.05, 0.1) is 16.6 Å². The third-order valence-electron chi connectivity index (χ3n) is 6.11. The molecular weight excluding hydrogens is 454 g/mol. The molecular formula is C24H30BrN5O. The first-order valence-corrected chi connectivity index (χ1v) is 11.9. The minimum atomic E-state index is 0.00987. The van der Waals surface area contributed by atoms with E-state index in [1.807, 2.05) is 49.2 Å². The van der Waals surface area contributed by atoms with Gasteiger partial charge in [-0.1, -0.05) is 35.8 Å². The van der Waals surface area contributed by atoms with Crippen molar-refractivity contribution >= 4 is 38.6 Å². The van der Waals surface area contributed by atoms with Crippen molar-refractivity contribution in [2.24, 2.45) is 7.05 Å². The van der Waals surface area contributed by atoms with Gasteiger partial charge in [0.2, 0.25) is 0 Å². The summed E-state index contributed by atoms with van der Waals surface area (Å²) in [5.41, 5.74) is 4.25. The maximum atomic E-state index is 14.0. The van der Waals surface area contributed by atoms with Gasteiger partial charge in [-0.2, -0.15) is 5.10 Å². The number of hydrogen-bond acceptors (Lipinski definition) is 4. The molecule has 0 radical (unpaired) electrons. The molecule has 2 aromatic heterocycles. The number of hydrogen-bond donors (Lipinski definition) is 0. The van der Waals surface area contributed by atoms with Crippen LogP contribution in [-0.2, 0) is 7.05 Å². The average Bonchev–Trinajstić information content (AvgIpc) is 3.57. The van der Waals surface area contributed by atoms with E-state index in [0.717, 1.165) is 65.1 Å². The number of aromatic nitrogens is 3. The van der Waals surface area contributed by atoms with Crippen molar-refractivity contribution in [2.75, 3.05) is 31.1 Å². The smallest absolute Gasteiger partial charge is 0.259 e. The Hall–Kier alpha value is -2.25. The van der Waals surface area contributed by atoms with Crippen molar-refractivity contribution in [1.29, 1.82) is 0 Å². The number of nitrogens with zero attached hydrogens (tertiary/aromatic N) is 5. The van der Waals surface area contributed by atoms with Gasteiger partial charge in [-0.15, -0.1) is 0 Å². The first-order valence-electron chi connectivity index (χ1n) is 11.1. The standard InChI is InChI=1S/C24H30BrN5O/c1-5-29(6-2)12-13-30(19-9-7-8-18(25)14-19)24(31)20-15-21(17-10-11-17)26-23-22(20)16(3)27-28(23)4/h7-9,14-15,17H,5-6,10-13H2,1-4H3. The molecule has 0 spiro atoms. The zero-order valence-electron chi connectivity index (χ0n) is 18.7. The van der Waals surface area contributed by atoms with Crippen LogP contribution in [0, 0.1) is 6.92 Å². The lowest BCUT2D eigenvalue weighted by atomic mass is 10.1. The minimum absolute atomic E-state index is 0.00987. The topological polar surface area (TPSA) is 54.3 Å². The molecule has 0 unspecified atom stereocenters. The molecule has 1 amide bonds. The highest BCUT2D eigenvalue weighted by Gasteiger charge is 2.30. The summed E-state index contributed by atoms with van der Waals surface area (Å²) in [6.45, 7) is 9.63. The number of anilines is 1. The number of carbonyl (C=O) groups excluding carboxylic acids is 1. The van der Waals surface area contributed by atoms with Crippen LogP contribution in [0.3, 0.4) is 0 Å². The van der Waals surface area contributed by atoms with Gasteiger partial charge < -0.3 is 9.80 Å². The summed E-state index contributed by atoms with van der Waals surface area (Å²) in [6.07, 6.45) is 2.28. The van der Waals surface area contributed by atoms with E-state index in [0.29, 0.717) is 18.0 Å². The zero-order chi connectivity index (χ0) is 22.1. The van der Waals surface area contributed by atoms with Crippen LogP contribution in [0.15, 0.2) is 34.8 Å². The van der Waals surface area contributed by atoms with Crippen molar-refractivity contribution in [3.8, 4) is 0 Å². The summed E-state index contributed by atoms with van der Waals surface area (Å²) in [4.78, 5) is 23.1. The molecule has 4 rings (SSSR count). The Morgan fingerprint density at radius 1 is 1.19 bits per heavy atom. The lowest BCUT2D eigenvalue weighted by Gasteiger charge is -2.27. The minimum Gasteiger partial charge on any atom is -0.307 e. The van der Waals surface area contributed by atoms with Gasteiger partial charge in [-0.3, -0.25) is 9.48 Å². The monoisotopic (exact) mass is 483 g/mol. The predicted octanol–water partition coefficient (Wildman–Crippen LogP) is 4.91. The van der Waals surface area contributed by atoms with Crippen LogP contribution in [-0.4, -0.2) is 51.8 Å². The molecule has 1 aliphatic carbocycles. The molecule has 2 heterocycles. The van der Waals surface area contributed by atoms with E-state index in [-0.39, 0.29) is 5.91 Å². The van der Waals surface area contributed by atoms with Crippen LogP contribution in [0.5, 0.6) is 0 Å². The molecule has 1 saturated carbocycles. The number of benzene rings is 1. The predicted molar refractivity (Wildman–Crippen MR) is 129 cm³/mol. The van der Waals surface area contributed by atoms with Crippen LogP contribution in [0.2, 0.25) is 0 Å². The highest BCUT2D eigenvalue weighted by atomic mass is 79.9. The summed E-state index contributed by atoms with van der Waals surface area (Å²) in [7, 11) is 1.90. The van der Waals surface area contributed by atoms with Crippen LogP contribution >= 0.6 is 15.9 Å². The molecule has 6 nitrogen and oxygen atoms in total. The van der Waals surface area contributed by atoms with E-state index >= 15 is 0 Å². The molecule has 164 valence electrons. The number of pyridine rings is 1. The summed E-state index contributed by atoms with van der Waals surface area (Å²) >= 11 is 3.57. The van der Waals surface area contributed by atoms with Gasteiger partial charge in [0.25, 0.3) is 5.91 Å². The number of halogens is 1. The molecule has 7 heteroatoms. The number of rotatable bonds is 8. The van der Waals surface area contributed by atoms with Crippen molar-refractivity contribution in [3.63, 3.8) is 0 Å². The largest absolute Gasteiger partial charge is 0.307 e. The molecule has 3 aromatic rings. The van der Waals surface area contributed by atoms with E-state index in [4.69, 9.17) is 4.98 Å². The molecule has 1 aromatic carbocycles. The van der Waals surface area contributed by atoms with Crippen LogP contribution in [0.25, 0.3) is 11.0 Å². The van der Waals surface area contributed by atoms with Gasteiger partial charge >= 0.3 is 0 Å². The molecule has 0 aliphatic heterocycles. The van der Waals surface area contributed by atoms with Crippen molar-refractivity contribution in [1.82, 2.24) is 19.7 Å². The summed E-state index contributed by atoms with van der Waals surface area (Å²) in [5.74, 6) is 0.469. The second-order valence-electron chi connectivity index (χ2n) is 8.24. The van der Waals surface area contributed by atoms with Gasteiger partial charge in [0.15, 0.2) is 5.65 Å². The summed E-state index contributed by atoms with van der Waals surface area (Å²) in [6, 6.07) is 9.98. The van der Waals surface area contributed by atoms with Gasteiger partial charge in [0, 0.05) is 41.9 Å². The number of aryl methyl sites for hydroxylation is 2. The molecule has 0 N–H and O–H groups in total. The SMILES string of the molecule is CCN(CC)CCN(C(=O)c1cc(C2CC2)nc2c1c(C)nn2C)c1cccc(Br)c1. The summed E-state index contributed by atoms with van der Waals surface area (Å²) in [5, 5.41) is 5.43. The van der Waals surface area contributed by atoms with Crippen molar-refractivity contribution < 1.29 is 4.79 Å². The Labute approximate surface area is 192 Å². The molecule has 0 atom stereocenters. The fourth-order valence-electron chi connectivity index (χ4n) is 4.14. The fraction of sp³-hybridized carbons (Fsp3) is 0.458. The molecule has 1 aliphatic rings. The zero-order valence-corrected chi connectivity index (χ0v) is 20.3. The highest BCUT2D eigenvalue weighted by molar-refractivity contribution is 9.10. The molecule has 1 fully saturated rings. The van der Waals surface area contributed by atoms with Crippen molar-refractivity contribution in [2.45, 2.75) is 39.5 Å². The molecule has 0 saturated heterocycles. The van der Waals surface area contributed by atoms with Crippen LogP contribution in [0.4, 0.5) is 5.69 Å². The third-order valence-corrected chi connectivity index (χ3v) is 6.61. The number of amides is 1. The first kappa shape index (κ1) is 22.0. The number of fused-ring (bicyclic) bond motifs is 1. The highest BCUT2D eigenvalue weighted by Crippen LogP contribution is 2.40. The maximum Gasteiger partial charge on any atom is 0.259 e. The lowest BCUT2D eigenvalue weighted by Crippen LogP contribution is -2.39. The second kappa shape index (κ2) is 9.09. The summed E-state index contributed by atoms with van der Waals surface area (Å²) < 4.78 is 2.76. The van der Waals surface area contributed by atoms with Gasteiger partial charge in [-0.25, -0.2) is 4.98 Å². The maximum absolute atomic E-state index is 14.0. The fourth-order valence-corrected chi connectivity index (χ4v) is 4.53. The quantitative estimate of drug-likeness (QED) is 0.456.